The van der Waals surface area contributed by atoms with E-state index in [1.165, 1.54) is 0 Å². The summed E-state index contributed by atoms with van der Waals surface area (Å²) in [7, 11) is 2.17. The highest BCUT2D eigenvalue weighted by atomic mass is 16.3. The fraction of sp³-hybridized carbons (Fsp3) is 0.778. The van der Waals surface area contributed by atoms with E-state index in [0.717, 1.165) is 58.7 Å². The molecule has 1 atom stereocenters. The molecule has 2 aliphatic rings. The molecule has 0 bridgehead atoms. The normalized spacial score (nSPS) is 22.3. The van der Waals surface area contributed by atoms with Crippen LogP contribution in [0.2, 0.25) is 0 Å². The molecule has 140 valence electrons. The molecule has 25 heavy (non-hydrogen) atoms. The summed E-state index contributed by atoms with van der Waals surface area (Å²) in [5, 5.41) is 10.4. The summed E-state index contributed by atoms with van der Waals surface area (Å²) >= 11 is 0. The highest BCUT2D eigenvalue weighted by molar-refractivity contribution is 5.76. The number of carbonyl (C=O) groups excluding carboxylic acids is 1. The Balaban J connectivity index is 1.47. The van der Waals surface area contributed by atoms with Gasteiger partial charge >= 0.3 is 0 Å². The van der Waals surface area contributed by atoms with E-state index in [1.807, 2.05) is 22.6 Å². The molecule has 2 fully saturated rings. The van der Waals surface area contributed by atoms with E-state index < -0.39 is 6.10 Å². The predicted molar refractivity (Wildman–Crippen MR) is 96.1 cm³/mol. The molecular weight excluding hydrogens is 318 g/mol. The molecule has 2 aliphatic heterocycles. The van der Waals surface area contributed by atoms with Gasteiger partial charge in [0.2, 0.25) is 5.91 Å². The standard InChI is InChI=1S/C18H31N5O2/c1-3-21-9-6-19-18(21)16(24)14-17(25)23-7-4-15(5-8-23)22-12-10-20(2)11-13-22/h6,9,15-16,24H,3-5,7-8,10-14H2,1-2H3. The molecule has 3 heterocycles. The molecule has 0 saturated carbocycles. The summed E-state index contributed by atoms with van der Waals surface area (Å²) in [6.45, 7) is 8.88. The van der Waals surface area contributed by atoms with Gasteiger partial charge in [0.15, 0.2) is 0 Å². The van der Waals surface area contributed by atoms with Crippen LogP contribution in [-0.4, -0.2) is 87.6 Å². The molecule has 7 heteroatoms. The van der Waals surface area contributed by atoms with Gasteiger partial charge in [-0.3, -0.25) is 9.69 Å². The van der Waals surface area contributed by atoms with E-state index in [0.29, 0.717) is 11.9 Å². The zero-order valence-electron chi connectivity index (χ0n) is 15.5. The predicted octanol–water partition coefficient (Wildman–Crippen LogP) is 0.565. The van der Waals surface area contributed by atoms with Gasteiger partial charge < -0.3 is 19.5 Å². The number of amides is 1. The topological polar surface area (TPSA) is 64.8 Å². The number of aliphatic hydroxyl groups is 1. The summed E-state index contributed by atoms with van der Waals surface area (Å²) in [4.78, 5) is 23.6. The van der Waals surface area contributed by atoms with Crippen LogP contribution in [0.3, 0.4) is 0 Å². The smallest absolute Gasteiger partial charge is 0.225 e. The lowest BCUT2D eigenvalue weighted by atomic mass is 10.0. The van der Waals surface area contributed by atoms with Crippen LogP contribution in [0.15, 0.2) is 12.4 Å². The van der Waals surface area contributed by atoms with Crippen molar-refractivity contribution >= 4 is 5.91 Å². The average molecular weight is 349 g/mol. The van der Waals surface area contributed by atoms with Gasteiger partial charge in [-0.25, -0.2) is 4.98 Å². The van der Waals surface area contributed by atoms with E-state index in [2.05, 4.69) is 21.8 Å². The minimum Gasteiger partial charge on any atom is -0.385 e. The zero-order chi connectivity index (χ0) is 17.8. The highest BCUT2D eigenvalue weighted by Crippen LogP contribution is 2.21. The maximum absolute atomic E-state index is 12.5. The fourth-order valence-corrected chi connectivity index (χ4v) is 3.94. The maximum atomic E-state index is 12.5. The molecule has 1 aromatic heterocycles. The second kappa shape index (κ2) is 8.29. The van der Waals surface area contributed by atoms with Gasteiger partial charge in [-0.2, -0.15) is 0 Å². The number of likely N-dealkylation sites (tertiary alicyclic amines) is 1. The summed E-state index contributed by atoms with van der Waals surface area (Å²) in [5.41, 5.74) is 0. The van der Waals surface area contributed by atoms with Crippen molar-refractivity contribution in [2.24, 2.45) is 0 Å². The van der Waals surface area contributed by atoms with Gasteiger partial charge in [-0.05, 0) is 26.8 Å². The van der Waals surface area contributed by atoms with Crippen molar-refractivity contribution in [1.82, 2.24) is 24.3 Å². The molecule has 7 nitrogen and oxygen atoms in total. The Hall–Kier alpha value is -1.44. The van der Waals surface area contributed by atoms with Crippen LogP contribution in [0.1, 0.15) is 38.1 Å². The third kappa shape index (κ3) is 4.40. The molecular formula is C18H31N5O2. The van der Waals surface area contributed by atoms with Gasteiger partial charge in [0.05, 0.1) is 6.42 Å². The Labute approximate surface area is 150 Å². The van der Waals surface area contributed by atoms with E-state index >= 15 is 0 Å². The Morgan fingerprint density at radius 1 is 1.24 bits per heavy atom. The number of aromatic nitrogens is 2. The van der Waals surface area contributed by atoms with Crippen molar-refractivity contribution in [3.05, 3.63) is 18.2 Å². The third-order valence-electron chi connectivity index (χ3n) is 5.63. The molecule has 1 amide bonds. The number of nitrogens with zero attached hydrogens (tertiary/aromatic N) is 5. The number of carbonyl (C=O) groups is 1. The molecule has 1 N–H and O–H groups in total. The highest BCUT2D eigenvalue weighted by Gasteiger charge is 2.29. The molecule has 0 spiro atoms. The van der Waals surface area contributed by atoms with Gasteiger partial charge in [0.1, 0.15) is 11.9 Å². The fourth-order valence-electron chi connectivity index (χ4n) is 3.94. The van der Waals surface area contributed by atoms with Gasteiger partial charge in [0, 0.05) is 64.2 Å². The first-order valence-corrected chi connectivity index (χ1v) is 9.48. The number of rotatable bonds is 5. The Morgan fingerprint density at radius 2 is 1.92 bits per heavy atom. The van der Waals surface area contributed by atoms with Crippen LogP contribution in [0.4, 0.5) is 0 Å². The quantitative estimate of drug-likeness (QED) is 0.842. The second-order valence-corrected chi connectivity index (χ2v) is 7.24. The van der Waals surface area contributed by atoms with E-state index in [4.69, 9.17) is 0 Å². The lowest BCUT2D eigenvalue weighted by molar-refractivity contribution is -0.135. The molecule has 0 aromatic carbocycles. The Morgan fingerprint density at radius 3 is 2.56 bits per heavy atom. The van der Waals surface area contributed by atoms with E-state index in [1.54, 1.807) is 6.20 Å². The van der Waals surface area contributed by atoms with E-state index in [9.17, 15) is 9.90 Å². The summed E-state index contributed by atoms with van der Waals surface area (Å²) in [6.07, 6.45) is 4.89. The number of likely N-dealkylation sites (N-methyl/N-ethyl adjacent to an activating group) is 1. The average Bonchev–Trinajstić information content (AvgIpc) is 3.11. The van der Waals surface area contributed by atoms with Crippen LogP contribution < -0.4 is 0 Å². The second-order valence-electron chi connectivity index (χ2n) is 7.24. The van der Waals surface area contributed by atoms with Crippen LogP contribution >= 0.6 is 0 Å². The molecule has 1 aromatic rings. The molecule has 0 radical (unpaired) electrons. The molecule has 3 rings (SSSR count). The van der Waals surface area contributed by atoms with Crippen LogP contribution in [-0.2, 0) is 11.3 Å². The monoisotopic (exact) mass is 349 g/mol. The Bertz CT molecular complexity index is 560. The van der Waals surface area contributed by atoms with Gasteiger partial charge in [-0.1, -0.05) is 0 Å². The number of piperidine rings is 1. The number of imidazole rings is 1. The van der Waals surface area contributed by atoms with Gasteiger partial charge in [-0.15, -0.1) is 0 Å². The SMILES string of the molecule is CCn1ccnc1C(O)CC(=O)N1CCC(N2CCN(C)CC2)CC1. The third-order valence-corrected chi connectivity index (χ3v) is 5.63. The van der Waals surface area contributed by atoms with Crippen molar-refractivity contribution in [3.8, 4) is 0 Å². The van der Waals surface area contributed by atoms with Crippen LogP contribution in [0.25, 0.3) is 0 Å². The van der Waals surface area contributed by atoms with Crippen LogP contribution in [0, 0.1) is 0 Å². The summed E-state index contributed by atoms with van der Waals surface area (Å²) in [6, 6.07) is 0.599. The van der Waals surface area contributed by atoms with Crippen molar-refractivity contribution in [2.45, 2.75) is 44.9 Å². The first kappa shape index (κ1) is 18.4. The molecule has 2 saturated heterocycles. The first-order chi connectivity index (χ1) is 12.1. The lowest BCUT2D eigenvalue weighted by Gasteiger charge is -2.42. The minimum absolute atomic E-state index is 0.0370. The van der Waals surface area contributed by atoms with Crippen LogP contribution in [0.5, 0.6) is 0 Å². The number of aryl methyl sites for hydroxylation is 1. The maximum Gasteiger partial charge on any atom is 0.225 e. The summed E-state index contributed by atoms with van der Waals surface area (Å²) in [5.74, 6) is 0.623. The van der Waals surface area contributed by atoms with Gasteiger partial charge in [0.25, 0.3) is 0 Å². The Kier molecular flexibility index (Phi) is 6.09. The lowest BCUT2D eigenvalue weighted by Crippen LogP contribution is -2.53. The number of hydrogen-bond acceptors (Lipinski definition) is 5. The van der Waals surface area contributed by atoms with E-state index in [-0.39, 0.29) is 12.3 Å². The van der Waals surface area contributed by atoms with Crippen molar-refractivity contribution < 1.29 is 9.90 Å². The molecule has 0 aliphatic carbocycles. The summed E-state index contributed by atoms with van der Waals surface area (Å²) < 4.78 is 1.89. The number of hydrogen-bond donors (Lipinski definition) is 1. The van der Waals surface area contributed by atoms with Crippen molar-refractivity contribution in [3.63, 3.8) is 0 Å². The van der Waals surface area contributed by atoms with Crippen molar-refractivity contribution in [1.29, 1.82) is 0 Å². The zero-order valence-corrected chi connectivity index (χ0v) is 15.5. The number of piperazine rings is 1. The minimum atomic E-state index is -0.821. The molecule has 1 unspecified atom stereocenters. The number of aliphatic hydroxyl groups excluding tert-OH is 1. The van der Waals surface area contributed by atoms with Crippen molar-refractivity contribution in [2.75, 3.05) is 46.3 Å². The largest absolute Gasteiger partial charge is 0.385 e. The first-order valence-electron chi connectivity index (χ1n) is 9.48.